The fraction of sp³-hybridized carbons (Fsp3) is 0.412. The number of benzene rings is 1. The lowest BCUT2D eigenvalue weighted by Gasteiger charge is -2.25. The summed E-state index contributed by atoms with van der Waals surface area (Å²) in [5.74, 6) is -0.720. The number of carbonyl (C=O) groups is 1. The molecule has 1 aromatic carbocycles. The average Bonchev–Trinajstić information content (AvgIpc) is 2.94. The number of aromatic nitrogens is 2. The minimum Gasteiger partial charge on any atom is -0.388 e. The highest BCUT2D eigenvalue weighted by molar-refractivity contribution is 5.92. The molecule has 0 aliphatic carbocycles. The Kier molecular flexibility index (Phi) is 5.15. The lowest BCUT2D eigenvalue weighted by molar-refractivity contribution is 0.0313. The van der Waals surface area contributed by atoms with Crippen molar-refractivity contribution in [1.29, 1.82) is 0 Å². The molecule has 0 saturated heterocycles. The molecule has 2 rings (SSSR count). The molecule has 0 bridgehead atoms. The molecule has 1 aromatic heterocycles. The van der Waals surface area contributed by atoms with Crippen LogP contribution in [0.3, 0.4) is 0 Å². The van der Waals surface area contributed by atoms with Crippen LogP contribution in [0.1, 0.15) is 42.9 Å². The summed E-state index contributed by atoms with van der Waals surface area (Å²) in [4.78, 5) is 12.2. The number of hydrogen-bond acceptors (Lipinski definition) is 3. The number of nitrogens with zero attached hydrogens (tertiary/aromatic N) is 2. The number of halogens is 1. The lowest BCUT2D eigenvalue weighted by Crippen LogP contribution is -2.42. The topological polar surface area (TPSA) is 67.2 Å². The van der Waals surface area contributed by atoms with Crippen LogP contribution in [0.2, 0.25) is 0 Å². The van der Waals surface area contributed by atoms with Crippen molar-refractivity contribution in [2.45, 2.75) is 39.2 Å². The third-order valence-electron chi connectivity index (χ3n) is 4.07. The second-order valence-electron chi connectivity index (χ2n) is 5.68. The first-order valence-electron chi connectivity index (χ1n) is 7.71. The molecule has 1 amide bonds. The van der Waals surface area contributed by atoms with Gasteiger partial charge in [0.25, 0.3) is 5.91 Å². The van der Waals surface area contributed by atoms with E-state index in [1.807, 2.05) is 13.8 Å². The van der Waals surface area contributed by atoms with Crippen molar-refractivity contribution in [3.8, 4) is 5.69 Å². The fourth-order valence-electron chi connectivity index (χ4n) is 2.29. The number of rotatable bonds is 6. The highest BCUT2D eigenvalue weighted by Gasteiger charge is 2.24. The standard InChI is InChI=1S/C17H22FN3O2/c1-4-17(23,5-2)11-19-16(22)15-9-12(3)21(20-15)14-8-6-7-13(18)10-14/h6-10,23H,4-5,11H2,1-3H3,(H,19,22). The van der Waals surface area contributed by atoms with E-state index < -0.39 is 5.60 Å². The molecule has 0 atom stereocenters. The van der Waals surface area contributed by atoms with E-state index in [9.17, 15) is 14.3 Å². The van der Waals surface area contributed by atoms with Crippen molar-refractivity contribution in [3.63, 3.8) is 0 Å². The summed E-state index contributed by atoms with van der Waals surface area (Å²) in [7, 11) is 0. The molecule has 0 unspecified atom stereocenters. The summed E-state index contributed by atoms with van der Waals surface area (Å²) in [6.07, 6.45) is 1.11. The molecule has 2 N–H and O–H groups in total. The molecule has 5 nitrogen and oxygen atoms in total. The zero-order valence-electron chi connectivity index (χ0n) is 13.6. The Morgan fingerprint density at radius 2 is 2.04 bits per heavy atom. The van der Waals surface area contributed by atoms with E-state index in [4.69, 9.17) is 0 Å². The molecule has 0 saturated carbocycles. The second-order valence-corrected chi connectivity index (χ2v) is 5.68. The van der Waals surface area contributed by atoms with Gasteiger partial charge in [0.15, 0.2) is 5.69 Å². The van der Waals surface area contributed by atoms with Gasteiger partial charge in [-0.1, -0.05) is 19.9 Å². The number of carbonyl (C=O) groups excluding carboxylic acids is 1. The van der Waals surface area contributed by atoms with Crippen LogP contribution in [0.5, 0.6) is 0 Å². The van der Waals surface area contributed by atoms with Crippen LogP contribution in [0, 0.1) is 12.7 Å². The summed E-state index contributed by atoms with van der Waals surface area (Å²) in [6.45, 7) is 5.71. The van der Waals surface area contributed by atoms with Crippen molar-refractivity contribution in [1.82, 2.24) is 15.1 Å². The molecule has 0 spiro atoms. The van der Waals surface area contributed by atoms with Crippen molar-refractivity contribution < 1.29 is 14.3 Å². The van der Waals surface area contributed by atoms with Crippen LogP contribution in [-0.2, 0) is 0 Å². The van der Waals surface area contributed by atoms with E-state index in [1.54, 1.807) is 25.1 Å². The third-order valence-corrected chi connectivity index (χ3v) is 4.07. The lowest BCUT2D eigenvalue weighted by atomic mass is 9.97. The van der Waals surface area contributed by atoms with Crippen molar-refractivity contribution in [2.24, 2.45) is 0 Å². The molecule has 0 aliphatic heterocycles. The molecule has 0 fully saturated rings. The molecule has 23 heavy (non-hydrogen) atoms. The highest BCUT2D eigenvalue weighted by Crippen LogP contribution is 2.15. The smallest absolute Gasteiger partial charge is 0.271 e. The van der Waals surface area contributed by atoms with E-state index in [2.05, 4.69) is 10.4 Å². The quantitative estimate of drug-likeness (QED) is 0.860. The molecular weight excluding hydrogens is 297 g/mol. The number of amides is 1. The average molecular weight is 319 g/mol. The number of nitrogens with one attached hydrogen (secondary N) is 1. The Balaban J connectivity index is 2.16. The highest BCUT2D eigenvalue weighted by atomic mass is 19.1. The van der Waals surface area contributed by atoms with Gasteiger partial charge in [-0.15, -0.1) is 0 Å². The Hall–Kier alpha value is -2.21. The summed E-state index contributed by atoms with van der Waals surface area (Å²) >= 11 is 0. The summed E-state index contributed by atoms with van der Waals surface area (Å²) < 4.78 is 14.8. The van der Waals surface area contributed by atoms with E-state index in [0.29, 0.717) is 18.5 Å². The first-order chi connectivity index (χ1) is 10.9. The normalized spacial score (nSPS) is 11.5. The molecule has 0 radical (unpaired) electrons. The van der Waals surface area contributed by atoms with Crippen molar-refractivity contribution >= 4 is 5.91 Å². The zero-order valence-corrected chi connectivity index (χ0v) is 13.6. The minimum absolute atomic E-state index is 0.171. The number of aryl methyl sites for hydroxylation is 1. The van der Waals surface area contributed by atoms with Gasteiger partial charge in [-0.25, -0.2) is 9.07 Å². The summed E-state index contributed by atoms with van der Waals surface area (Å²) in [5, 5.41) is 17.1. The minimum atomic E-state index is -0.907. The molecular formula is C17H22FN3O2. The summed E-state index contributed by atoms with van der Waals surface area (Å²) in [5.41, 5.74) is 0.610. The fourth-order valence-corrected chi connectivity index (χ4v) is 2.29. The monoisotopic (exact) mass is 319 g/mol. The van der Waals surface area contributed by atoms with E-state index >= 15 is 0 Å². The second kappa shape index (κ2) is 6.91. The van der Waals surface area contributed by atoms with Gasteiger partial charge in [-0.2, -0.15) is 5.10 Å². The van der Waals surface area contributed by atoms with Crippen LogP contribution in [0.15, 0.2) is 30.3 Å². The first-order valence-corrected chi connectivity index (χ1v) is 7.71. The van der Waals surface area contributed by atoms with Crippen molar-refractivity contribution in [2.75, 3.05) is 6.54 Å². The van der Waals surface area contributed by atoms with Gasteiger partial charge in [0, 0.05) is 12.2 Å². The predicted octanol–water partition coefficient (Wildman–Crippen LogP) is 2.60. The molecule has 1 heterocycles. The Labute approximate surface area is 135 Å². The van der Waals surface area contributed by atoms with Gasteiger partial charge in [0.2, 0.25) is 0 Å². The Bertz CT molecular complexity index is 693. The maximum atomic E-state index is 13.3. The molecule has 0 aliphatic rings. The maximum Gasteiger partial charge on any atom is 0.271 e. The number of aliphatic hydroxyl groups is 1. The van der Waals surface area contributed by atoms with E-state index in [1.165, 1.54) is 16.8 Å². The van der Waals surface area contributed by atoms with Crippen LogP contribution in [-0.4, -0.2) is 32.9 Å². The predicted molar refractivity (Wildman–Crippen MR) is 86.1 cm³/mol. The van der Waals surface area contributed by atoms with E-state index in [-0.39, 0.29) is 24.0 Å². The van der Waals surface area contributed by atoms with Gasteiger partial charge in [0.05, 0.1) is 11.3 Å². The maximum absolute atomic E-state index is 13.3. The van der Waals surface area contributed by atoms with Gasteiger partial charge in [-0.3, -0.25) is 4.79 Å². The van der Waals surface area contributed by atoms with Crippen molar-refractivity contribution in [3.05, 3.63) is 47.5 Å². The molecule has 124 valence electrons. The largest absolute Gasteiger partial charge is 0.388 e. The SMILES string of the molecule is CCC(O)(CC)CNC(=O)c1cc(C)n(-c2cccc(F)c2)n1. The van der Waals surface area contributed by atoms with Crippen LogP contribution >= 0.6 is 0 Å². The molecule has 6 heteroatoms. The first kappa shape index (κ1) is 17.1. The van der Waals surface area contributed by atoms with E-state index in [0.717, 1.165) is 5.69 Å². The Morgan fingerprint density at radius 1 is 1.35 bits per heavy atom. The molecule has 2 aromatic rings. The third kappa shape index (κ3) is 3.96. The van der Waals surface area contributed by atoms with Crippen LogP contribution < -0.4 is 5.32 Å². The van der Waals surface area contributed by atoms with Gasteiger partial charge >= 0.3 is 0 Å². The van der Waals surface area contributed by atoms with Gasteiger partial charge in [-0.05, 0) is 44.0 Å². The van der Waals surface area contributed by atoms with Gasteiger partial charge in [0.1, 0.15) is 5.82 Å². The van der Waals surface area contributed by atoms with Gasteiger partial charge < -0.3 is 10.4 Å². The van der Waals surface area contributed by atoms with Crippen LogP contribution in [0.25, 0.3) is 5.69 Å². The summed E-state index contributed by atoms with van der Waals surface area (Å²) in [6, 6.07) is 7.66. The number of hydrogen-bond donors (Lipinski definition) is 2. The van der Waals surface area contributed by atoms with Crippen LogP contribution in [0.4, 0.5) is 4.39 Å². The Morgan fingerprint density at radius 3 is 2.65 bits per heavy atom. The zero-order chi connectivity index (χ0) is 17.0.